The van der Waals surface area contributed by atoms with Gasteiger partial charge in [-0.25, -0.2) is 4.79 Å². The van der Waals surface area contributed by atoms with E-state index in [1.165, 1.54) is 13.2 Å². The highest BCUT2D eigenvalue weighted by Crippen LogP contribution is 2.31. The van der Waals surface area contributed by atoms with Crippen molar-refractivity contribution >= 4 is 5.97 Å². The van der Waals surface area contributed by atoms with Gasteiger partial charge in [-0.05, 0) is 37.8 Å². The molecule has 1 aliphatic heterocycles. The second kappa shape index (κ2) is 7.49. The second-order valence-corrected chi connectivity index (χ2v) is 5.89. The first-order chi connectivity index (χ1) is 10.5. The van der Waals surface area contributed by atoms with Gasteiger partial charge >= 0.3 is 5.97 Å². The first kappa shape index (κ1) is 16.6. The zero-order valence-electron chi connectivity index (χ0n) is 13.2. The van der Waals surface area contributed by atoms with E-state index in [4.69, 9.17) is 9.47 Å². The standard InChI is InChI=1S/C17H24O5/c1-11-8-13(18)7-5-3-4-6-12-9-14(19)10-15(21-2)16(12)17(20)22-11/h9-11,13,18-19H,3-8H2,1-2H3. The number of hydrogen-bond donors (Lipinski definition) is 2. The second-order valence-electron chi connectivity index (χ2n) is 5.89. The molecule has 2 N–H and O–H groups in total. The lowest BCUT2D eigenvalue weighted by atomic mass is 9.97. The van der Waals surface area contributed by atoms with E-state index in [0.29, 0.717) is 24.2 Å². The summed E-state index contributed by atoms with van der Waals surface area (Å²) >= 11 is 0. The zero-order valence-corrected chi connectivity index (χ0v) is 13.2. The number of fused-ring (bicyclic) bond motifs is 1. The molecule has 0 radical (unpaired) electrons. The van der Waals surface area contributed by atoms with Gasteiger partial charge in [0, 0.05) is 12.5 Å². The van der Waals surface area contributed by atoms with E-state index in [2.05, 4.69) is 0 Å². The summed E-state index contributed by atoms with van der Waals surface area (Å²) in [6.45, 7) is 1.78. The van der Waals surface area contributed by atoms with Crippen LogP contribution in [0.25, 0.3) is 0 Å². The van der Waals surface area contributed by atoms with Gasteiger partial charge in [-0.3, -0.25) is 0 Å². The van der Waals surface area contributed by atoms with Crippen LogP contribution in [0.2, 0.25) is 0 Å². The fourth-order valence-electron chi connectivity index (χ4n) is 2.91. The monoisotopic (exact) mass is 308 g/mol. The normalized spacial score (nSPS) is 23.7. The number of aliphatic hydroxyl groups excluding tert-OH is 1. The number of aryl methyl sites for hydroxylation is 1. The Balaban J connectivity index is 2.35. The van der Waals surface area contributed by atoms with Crippen LogP contribution in [-0.4, -0.2) is 35.5 Å². The number of rotatable bonds is 1. The van der Waals surface area contributed by atoms with Crippen LogP contribution in [0.15, 0.2) is 12.1 Å². The average Bonchev–Trinajstić information content (AvgIpc) is 2.44. The molecule has 0 bridgehead atoms. The van der Waals surface area contributed by atoms with Crippen LogP contribution in [0.5, 0.6) is 11.5 Å². The molecular weight excluding hydrogens is 284 g/mol. The van der Waals surface area contributed by atoms with Gasteiger partial charge in [-0.15, -0.1) is 0 Å². The van der Waals surface area contributed by atoms with E-state index in [9.17, 15) is 15.0 Å². The summed E-state index contributed by atoms with van der Waals surface area (Å²) in [6.07, 6.45) is 3.80. The van der Waals surface area contributed by atoms with Gasteiger partial charge < -0.3 is 19.7 Å². The van der Waals surface area contributed by atoms with Crippen LogP contribution in [0.1, 0.15) is 54.9 Å². The topological polar surface area (TPSA) is 76.0 Å². The number of phenolic OH excluding ortho intramolecular Hbond substituents is 1. The molecule has 1 heterocycles. The Morgan fingerprint density at radius 1 is 1.27 bits per heavy atom. The van der Waals surface area contributed by atoms with Gasteiger partial charge in [-0.2, -0.15) is 0 Å². The van der Waals surface area contributed by atoms with Crippen molar-refractivity contribution in [3.63, 3.8) is 0 Å². The molecule has 0 fully saturated rings. The molecule has 1 aromatic rings. The van der Waals surface area contributed by atoms with E-state index in [1.807, 2.05) is 0 Å². The van der Waals surface area contributed by atoms with Gasteiger partial charge in [0.15, 0.2) is 0 Å². The van der Waals surface area contributed by atoms with Crippen LogP contribution < -0.4 is 4.74 Å². The van der Waals surface area contributed by atoms with Gasteiger partial charge in [-0.1, -0.05) is 12.8 Å². The van der Waals surface area contributed by atoms with Crippen molar-refractivity contribution in [2.75, 3.05) is 7.11 Å². The van der Waals surface area contributed by atoms with E-state index < -0.39 is 12.1 Å². The maximum Gasteiger partial charge on any atom is 0.342 e. The van der Waals surface area contributed by atoms with Crippen molar-refractivity contribution in [1.29, 1.82) is 0 Å². The largest absolute Gasteiger partial charge is 0.508 e. The van der Waals surface area contributed by atoms with Crippen LogP contribution >= 0.6 is 0 Å². The lowest BCUT2D eigenvalue weighted by Gasteiger charge is -2.20. The molecule has 0 saturated heterocycles. The Bertz CT molecular complexity index is 526. The molecule has 2 rings (SSSR count). The molecule has 0 aliphatic carbocycles. The van der Waals surface area contributed by atoms with Crippen molar-refractivity contribution in [2.24, 2.45) is 0 Å². The molecule has 5 nitrogen and oxygen atoms in total. The highest BCUT2D eigenvalue weighted by atomic mass is 16.5. The van der Waals surface area contributed by atoms with E-state index in [0.717, 1.165) is 31.2 Å². The predicted molar refractivity (Wildman–Crippen MR) is 82.3 cm³/mol. The van der Waals surface area contributed by atoms with Crippen LogP contribution in [0.4, 0.5) is 0 Å². The summed E-state index contributed by atoms with van der Waals surface area (Å²) in [5.41, 5.74) is 1.12. The van der Waals surface area contributed by atoms with Gasteiger partial charge in [0.25, 0.3) is 0 Å². The Kier molecular flexibility index (Phi) is 5.66. The van der Waals surface area contributed by atoms with Crippen molar-refractivity contribution in [3.8, 4) is 11.5 Å². The van der Waals surface area contributed by atoms with Crippen molar-refractivity contribution in [3.05, 3.63) is 23.3 Å². The Morgan fingerprint density at radius 2 is 2.05 bits per heavy atom. The fraction of sp³-hybridized carbons (Fsp3) is 0.588. The molecule has 1 aromatic carbocycles. The smallest absolute Gasteiger partial charge is 0.342 e. The molecule has 122 valence electrons. The van der Waals surface area contributed by atoms with Crippen LogP contribution in [-0.2, 0) is 11.2 Å². The number of benzene rings is 1. The maximum absolute atomic E-state index is 12.5. The zero-order chi connectivity index (χ0) is 16.1. The number of phenols is 1. The Labute approximate surface area is 130 Å². The number of aromatic hydroxyl groups is 1. The highest BCUT2D eigenvalue weighted by molar-refractivity contribution is 5.94. The van der Waals surface area contributed by atoms with Crippen molar-refractivity contribution < 1.29 is 24.5 Å². The molecule has 22 heavy (non-hydrogen) atoms. The lowest BCUT2D eigenvalue weighted by molar-refractivity contribution is 0.0182. The molecule has 0 spiro atoms. The molecule has 2 atom stereocenters. The number of carbonyl (C=O) groups is 1. The predicted octanol–water partition coefficient (Wildman–Crippen LogP) is 2.81. The quantitative estimate of drug-likeness (QED) is 0.780. The number of esters is 1. The number of aliphatic hydroxyl groups is 1. The van der Waals surface area contributed by atoms with E-state index in [-0.39, 0.29) is 11.9 Å². The third kappa shape index (κ3) is 4.13. The van der Waals surface area contributed by atoms with Crippen LogP contribution in [0, 0.1) is 0 Å². The summed E-state index contributed by atoms with van der Waals surface area (Å²) < 4.78 is 10.7. The summed E-state index contributed by atoms with van der Waals surface area (Å²) in [7, 11) is 1.46. The first-order valence-corrected chi connectivity index (χ1v) is 7.80. The van der Waals surface area contributed by atoms with Gasteiger partial charge in [0.2, 0.25) is 0 Å². The summed E-state index contributed by atoms with van der Waals surface area (Å²) in [5, 5.41) is 19.7. The molecule has 1 aliphatic rings. The number of carbonyl (C=O) groups excluding carboxylic acids is 1. The molecule has 2 unspecified atom stereocenters. The summed E-state index contributed by atoms with van der Waals surface area (Å²) in [5.74, 6) is -0.0594. The van der Waals surface area contributed by atoms with E-state index in [1.54, 1.807) is 13.0 Å². The number of cyclic esters (lactones) is 1. The van der Waals surface area contributed by atoms with Crippen molar-refractivity contribution in [1.82, 2.24) is 0 Å². The third-order valence-corrected chi connectivity index (χ3v) is 3.99. The minimum absolute atomic E-state index is 0.0824. The highest BCUT2D eigenvalue weighted by Gasteiger charge is 2.23. The number of ether oxygens (including phenoxy) is 2. The Hall–Kier alpha value is -1.75. The van der Waals surface area contributed by atoms with Crippen LogP contribution in [0.3, 0.4) is 0 Å². The summed E-state index contributed by atoms with van der Waals surface area (Å²) in [4.78, 5) is 12.5. The minimum Gasteiger partial charge on any atom is -0.508 e. The fourth-order valence-corrected chi connectivity index (χ4v) is 2.91. The average molecular weight is 308 g/mol. The van der Waals surface area contributed by atoms with E-state index >= 15 is 0 Å². The summed E-state index contributed by atoms with van der Waals surface area (Å²) in [6, 6.07) is 3.02. The molecular formula is C17H24O5. The third-order valence-electron chi connectivity index (χ3n) is 3.99. The van der Waals surface area contributed by atoms with Gasteiger partial charge in [0.1, 0.15) is 23.2 Å². The minimum atomic E-state index is -0.466. The Morgan fingerprint density at radius 3 is 2.77 bits per heavy atom. The number of methoxy groups -OCH3 is 1. The van der Waals surface area contributed by atoms with Gasteiger partial charge in [0.05, 0.1) is 13.2 Å². The lowest BCUT2D eigenvalue weighted by Crippen LogP contribution is -2.23. The maximum atomic E-state index is 12.5. The SMILES string of the molecule is COc1cc(O)cc2c1C(=O)OC(C)CC(O)CCCCC2. The first-order valence-electron chi connectivity index (χ1n) is 7.80. The molecule has 5 heteroatoms. The molecule has 0 amide bonds. The van der Waals surface area contributed by atoms with Crippen molar-refractivity contribution in [2.45, 2.75) is 57.7 Å². The molecule has 0 aromatic heterocycles. The molecule has 0 saturated carbocycles. The number of hydrogen-bond acceptors (Lipinski definition) is 5.